The lowest BCUT2D eigenvalue weighted by atomic mass is 10.0. The minimum Gasteiger partial charge on any atom is -0.352 e. The van der Waals surface area contributed by atoms with E-state index < -0.39 is 0 Å². The third kappa shape index (κ3) is 7.11. The minimum absolute atomic E-state index is 0.0404. The van der Waals surface area contributed by atoms with Gasteiger partial charge < -0.3 is 10.2 Å². The second-order valence-corrected chi connectivity index (χ2v) is 6.33. The van der Waals surface area contributed by atoms with Gasteiger partial charge in [0.25, 0.3) is 0 Å². The van der Waals surface area contributed by atoms with Crippen molar-refractivity contribution in [1.82, 2.24) is 10.2 Å². The second-order valence-electron chi connectivity index (χ2n) is 6.33. The van der Waals surface area contributed by atoms with Crippen molar-refractivity contribution in [2.45, 2.75) is 47.0 Å². The van der Waals surface area contributed by atoms with E-state index in [9.17, 15) is 9.59 Å². The number of rotatable bonds is 4. The fourth-order valence-electron chi connectivity index (χ4n) is 2.49. The number of carbonyl (C=O) groups excluding carboxylic acids is 2. The molecule has 0 aromatic rings. The van der Waals surface area contributed by atoms with Crippen molar-refractivity contribution < 1.29 is 9.59 Å². The Balaban J connectivity index is 2.55. The Kier molecular flexibility index (Phi) is 7.20. The quantitative estimate of drug-likeness (QED) is 0.810. The molecule has 1 atom stereocenters. The number of hydrogen-bond acceptors (Lipinski definition) is 2. The number of allylic oxidation sites excluding steroid dienone is 2. The van der Waals surface area contributed by atoms with E-state index in [1.807, 2.05) is 32.6 Å². The highest BCUT2D eigenvalue weighted by Gasteiger charge is 2.21. The summed E-state index contributed by atoms with van der Waals surface area (Å²) in [4.78, 5) is 25.7. The number of hydrogen-bond donors (Lipinski definition) is 1. The second kappa shape index (κ2) is 8.65. The number of nitrogens with zero attached hydrogens (tertiary/aromatic N) is 1. The van der Waals surface area contributed by atoms with E-state index in [0.717, 1.165) is 43.5 Å². The molecule has 1 aliphatic rings. The first-order chi connectivity index (χ1) is 9.88. The van der Waals surface area contributed by atoms with Gasteiger partial charge >= 0.3 is 0 Å². The summed E-state index contributed by atoms with van der Waals surface area (Å²) in [5.74, 6) is 0.399. The summed E-state index contributed by atoms with van der Waals surface area (Å²) in [6.45, 7) is 9.88. The normalized spacial score (nSPS) is 18.5. The predicted octanol–water partition coefficient (Wildman–Crippen LogP) is 2.66. The first kappa shape index (κ1) is 17.5. The van der Waals surface area contributed by atoms with Crippen LogP contribution in [0.25, 0.3) is 0 Å². The van der Waals surface area contributed by atoms with Gasteiger partial charge in [0.05, 0.1) is 0 Å². The smallest absolute Gasteiger partial charge is 0.246 e. The van der Waals surface area contributed by atoms with Gasteiger partial charge in [0, 0.05) is 31.8 Å². The summed E-state index contributed by atoms with van der Waals surface area (Å²) in [5, 5.41) is 2.94. The number of likely N-dealkylation sites (tertiary alicyclic amines) is 1. The zero-order chi connectivity index (χ0) is 15.8. The van der Waals surface area contributed by atoms with Crippen molar-refractivity contribution in [3.63, 3.8) is 0 Å². The van der Waals surface area contributed by atoms with Crippen LogP contribution in [0.4, 0.5) is 0 Å². The average molecular weight is 292 g/mol. The van der Waals surface area contributed by atoms with Gasteiger partial charge in [0.15, 0.2) is 0 Å². The maximum atomic E-state index is 12.1. The molecule has 118 valence electrons. The minimum atomic E-state index is -0.0404. The van der Waals surface area contributed by atoms with E-state index in [0.29, 0.717) is 12.5 Å². The highest BCUT2D eigenvalue weighted by atomic mass is 16.2. The van der Waals surface area contributed by atoms with Gasteiger partial charge in [-0.3, -0.25) is 9.59 Å². The Morgan fingerprint density at radius 3 is 2.38 bits per heavy atom. The molecule has 4 heteroatoms. The largest absolute Gasteiger partial charge is 0.352 e. The summed E-state index contributed by atoms with van der Waals surface area (Å²) in [6, 6.07) is 0. The van der Waals surface area contributed by atoms with Gasteiger partial charge in [-0.2, -0.15) is 0 Å². The fourth-order valence-corrected chi connectivity index (χ4v) is 2.49. The SMILES string of the molecule is CC(C)=CC(=O)NC[C@H]1CCCCN(C(=O)C=C(C)C)C1. The van der Waals surface area contributed by atoms with Gasteiger partial charge in [-0.25, -0.2) is 0 Å². The fraction of sp³-hybridized carbons (Fsp3) is 0.647. The molecule has 0 aromatic carbocycles. The molecule has 0 saturated carbocycles. The average Bonchev–Trinajstić information content (AvgIpc) is 2.60. The highest BCUT2D eigenvalue weighted by molar-refractivity contribution is 5.88. The summed E-state index contributed by atoms with van der Waals surface area (Å²) >= 11 is 0. The van der Waals surface area contributed by atoms with Crippen LogP contribution in [0.5, 0.6) is 0 Å². The lowest BCUT2D eigenvalue weighted by Gasteiger charge is -2.23. The predicted molar refractivity (Wildman–Crippen MR) is 85.8 cm³/mol. The van der Waals surface area contributed by atoms with Crippen molar-refractivity contribution in [2.24, 2.45) is 5.92 Å². The molecule has 1 rings (SSSR count). The van der Waals surface area contributed by atoms with Gasteiger partial charge in [0.2, 0.25) is 11.8 Å². The number of nitrogens with one attached hydrogen (secondary N) is 1. The Hall–Kier alpha value is -1.58. The maximum absolute atomic E-state index is 12.1. The zero-order valence-electron chi connectivity index (χ0n) is 13.7. The molecule has 1 saturated heterocycles. The molecular formula is C17H28N2O2. The Labute approximate surface area is 128 Å². The van der Waals surface area contributed by atoms with Crippen LogP contribution in [0.2, 0.25) is 0 Å². The third-order valence-corrected chi connectivity index (χ3v) is 3.48. The Morgan fingerprint density at radius 1 is 1.10 bits per heavy atom. The van der Waals surface area contributed by atoms with Crippen molar-refractivity contribution >= 4 is 11.8 Å². The molecule has 21 heavy (non-hydrogen) atoms. The molecular weight excluding hydrogens is 264 g/mol. The van der Waals surface area contributed by atoms with Crippen molar-refractivity contribution in [3.8, 4) is 0 Å². The van der Waals surface area contributed by atoms with E-state index in [2.05, 4.69) is 5.32 Å². The lowest BCUT2D eigenvalue weighted by molar-refractivity contribution is -0.126. The van der Waals surface area contributed by atoms with Crippen LogP contribution in [-0.2, 0) is 9.59 Å². The summed E-state index contributed by atoms with van der Waals surface area (Å²) in [7, 11) is 0. The molecule has 0 spiro atoms. The van der Waals surface area contributed by atoms with Crippen molar-refractivity contribution in [1.29, 1.82) is 0 Å². The summed E-state index contributed by atoms with van der Waals surface area (Å²) in [6.07, 6.45) is 6.53. The highest BCUT2D eigenvalue weighted by Crippen LogP contribution is 2.16. The van der Waals surface area contributed by atoms with Crippen LogP contribution in [0, 0.1) is 5.92 Å². The van der Waals surface area contributed by atoms with Crippen LogP contribution in [0.3, 0.4) is 0 Å². The molecule has 0 aliphatic carbocycles. The first-order valence-electron chi connectivity index (χ1n) is 7.75. The number of carbonyl (C=O) groups is 2. The molecule has 1 fully saturated rings. The molecule has 1 N–H and O–H groups in total. The van der Waals surface area contributed by atoms with Gasteiger partial charge in [-0.05, 0) is 46.5 Å². The van der Waals surface area contributed by atoms with E-state index in [4.69, 9.17) is 0 Å². The van der Waals surface area contributed by atoms with E-state index in [1.165, 1.54) is 0 Å². The van der Waals surface area contributed by atoms with Crippen LogP contribution in [-0.4, -0.2) is 36.3 Å². The maximum Gasteiger partial charge on any atom is 0.246 e. The molecule has 0 bridgehead atoms. The number of amides is 2. The molecule has 2 amide bonds. The molecule has 0 radical (unpaired) electrons. The third-order valence-electron chi connectivity index (χ3n) is 3.48. The van der Waals surface area contributed by atoms with Gasteiger partial charge in [0.1, 0.15) is 0 Å². The molecule has 1 aliphatic heterocycles. The molecule has 1 heterocycles. The standard InChI is InChI=1S/C17H28N2O2/c1-13(2)9-16(20)18-11-15-7-5-6-8-19(12-15)17(21)10-14(3)4/h9-10,15H,5-8,11-12H2,1-4H3,(H,18,20)/t15-/m1/s1. The van der Waals surface area contributed by atoms with Crippen LogP contribution >= 0.6 is 0 Å². The summed E-state index contributed by atoms with van der Waals surface area (Å²) in [5.41, 5.74) is 2.02. The van der Waals surface area contributed by atoms with E-state index >= 15 is 0 Å². The van der Waals surface area contributed by atoms with Crippen LogP contribution < -0.4 is 5.32 Å². The van der Waals surface area contributed by atoms with E-state index in [-0.39, 0.29) is 11.8 Å². The van der Waals surface area contributed by atoms with Crippen LogP contribution in [0.15, 0.2) is 23.3 Å². The van der Waals surface area contributed by atoms with Crippen molar-refractivity contribution in [2.75, 3.05) is 19.6 Å². The molecule has 4 nitrogen and oxygen atoms in total. The molecule has 0 aromatic heterocycles. The van der Waals surface area contributed by atoms with Gasteiger partial charge in [-0.15, -0.1) is 0 Å². The molecule has 0 unspecified atom stereocenters. The van der Waals surface area contributed by atoms with Crippen molar-refractivity contribution in [3.05, 3.63) is 23.3 Å². The monoisotopic (exact) mass is 292 g/mol. The first-order valence-corrected chi connectivity index (χ1v) is 7.75. The summed E-state index contributed by atoms with van der Waals surface area (Å²) < 4.78 is 0. The van der Waals surface area contributed by atoms with Gasteiger partial charge in [-0.1, -0.05) is 17.6 Å². The Bertz CT molecular complexity index is 430. The topological polar surface area (TPSA) is 49.4 Å². The zero-order valence-corrected chi connectivity index (χ0v) is 13.7. The van der Waals surface area contributed by atoms with Crippen LogP contribution in [0.1, 0.15) is 47.0 Å². The Morgan fingerprint density at radius 2 is 1.76 bits per heavy atom. The lowest BCUT2D eigenvalue weighted by Crippen LogP contribution is -2.38. The van der Waals surface area contributed by atoms with E-state index in [1.54, 1.807) is 12.2 Å².